The molecule has 0 saturated heterocycles. The molecule has 1 heterocycles. The van der Waals surface area contributed by atoms with Crippen molar-refractivity contribution in [3.8, 4) is 33.5 Å². The largest absolute Gasteiger partial charge is 0.512 e. The topological polar surface area (TPSA) is 50.2 Å². The van der Waals surface area contributed by atoms with Gasteiger partial charge in [-0.3, -0.25) is 4.79 Å². The number of benzene rings is 3. The van der Waals surface area contributed by atoms with Crippen LogP contribution < -0.4 is 0 Å². The van der Waals surface area contributed by atoms with Crippen molar-refractivity contribution in [3.63, 3.8) is 0 Å². The van der Waals surface area contributed by atoms with Crippen LogP contribution in [-0.2, 0) is 24.9 Å². The van der Waals surface area contributed by atoms with Gasteiger partial charge in [0, 0.05) is 45.2 Å². The van der Waals surface area contributed by atoms with Crippen molar-refractivity contribution in [2.24, 2.45) is 11.8 Å². The third-order valence-electron chi connectivity index (χ3n) is 5.95. The first-order valence-corrected chi connectivity index (χ1v) is 12.3. The Balaban J connectivity index is 0.000000226. The molecule has 0 saturated carbocycles. The van der Waals surface area contributed by atoms with E-state index >= 15 is 0 Å². The van der Waals surface area contributed by atoms with Crippen LogP contribution in [0.4, 0.5) is 0 Å². The maximum atomic E-state index is 11.2. The first-order valence-electron chi connectivity index (χ1n) is 12.3. The molecule has 1 aliphatic carbocycles. The number of aromatic nitrogens is 1. The van der Waals surface area contributed by atoms with E-state index in [1.807, 2.05) is 46.0 Å². The van der Waals surface area contributed by atoms with Crippen molar-refractivity contribution in [3.05, 3.63) is 90.8 Å². The van der Waals surface area contributed by atoms with E-state index in [-0.39, 0.29) is 31.6 Å². The third kappa shape index (κ3) is 6.18. The molecular formula is C32H32IrNO2-. The van der Waals surface area contributed by atoms with Crippen LogP contribution in [0.2, 0.25) is 0 Å². The monoisotopic (exact) mass is 655 g/mol. The second-order valence-electron chi connectivity index (χ2n) is 9.87. The summed E-state index contributed by atoms with van der Waals surface area (Å²) in [6.45, 7) is 8.00. The Labute approximate surface area is 227 Å². The van der Waals surface area contributed by atoms with Gasteiger partial charge < -0.3 is 10.1 Å². The fraction of sp³-hybridized carbons (Fsp3) is 0.250. The Kier molecular flexibility index (Phi) is 9.36. The van der Waals surface area contributed by atoms with Crippen molar-refractivity contribution in [2.45, 2.75) is 40.5 Å². The average Bonchev–Trinajstić information content (AvgIpc) is 2.94. The molecule has 4 heteroatoms. The molecule has 3 aromatic carbocycles. The van der Waals surface area contributed by atoms with Crippen molar-refractivity contribution < 1.29 is 30.0 Å². The second-order valence-corrected chi connectivity index (χ2v) is 9.87. The molecule has 0 aliphatic heterocycles. The van der Waals surface area contributed by atoms with Gasteiger partial charge in [-0.15, -0.1) is 29.8 Å². The Morgan fingerprint density at radius 3 is 2.19 bits per heavy atom. The van der Waals surface area contributed by atoms with Gasteiger partial charge in [0.05, 0.1) is 5.76 Å². The predicted molar refractivity (Wildman–Crippen MR) is 145 cm³/mol. The van der Waals surface area contributed by atoms with Crippen LogP contribution in [0.3, 0.4) is 0 Å². The Bertz CT molecular complexity index is 1310. The maximum absolute atomic E-state index is 11.2. The quantitative estimate of drug-likeness (QED) is 0.118. The minimum Gasteiger partial charge on any atom is -0.512 e. The maximum Gasteiger partial charge on any atom is 0.159 e. The summed E-state index contributed by atoms with van der Waals surface area (Å²) < 4.78 is 0. The molecule has 0 spiro atoms. The summed E-state index contributed by atoms with van der Waals surface area (Å²) in [5.41, 5.74) is 7.08. The zero-order valence-corrected chi connectivity index (χ0v) is 23.6. The molecule has 187 valence electrons. The van der Waals surface area contributed by atoms with Crippen molar-refractivity contribution >= 4 is 16.6 Å². The average molecular weight is 655 g/mol. The molecule has 0 bridgehead atoms. The summed E-state index contributed by atoms with van der Waals surface area (Å²) in [5.74, 6) is 0.979. The van der Waals surface area contributed by atoms with Gasteiger partial charge in [-0.1, -0.05) is 81.3 Å². The smallest absolute Gasteiger partial charge is 0.159 e. The van der Waals surface area contributed by atoms with Crippen molar-refractivity contribution in [2.75, 3.05) is 0 Å². The van der Waals surface area contributed by atoms with Crippen LogP contribution in [0.1, 0.15) is 40.5 Å². The second kappa shape index (κ2) is 12.3. The van der Waals surface area contributed by atoms with Crippen LogP contribution in [-0.4, -0.2) is 15.9 Å². The number of ketones is 1. The van der Waals surface area contributed by atoms with Gasteiger partial charge in [-0.25, -0.2) is 0 Å². The summed E-state index contributed by atoms with van der Waals surface area (Å²) in [6, 6.07) is 26.7. The standard InChI is InChI=1S/C21H12N.C11H20O2.Ir/c1-2-8-16-15(7-1)17-9-3-4-10-19(17)21-20-14(12-13-22-21)6-5-11-18(16)20;1-8(2)5-10(12)7-11(13)6-9(3)4;/h1-9,11-13H;7-9,12H,5-6H2,1-4H3;/q-1;;/b;10-7-;. The van der Waals surface area contributed by atoms with Gasteiger partial charge in [0.25, 0.3) is 0 Å². The van der Waals surface area contributed by atoms with Gasteiger partial charge in [0.2, 0.25) is 0 Å². The van der Waals surface area contributed by atoms with E-state index in [2.05, 4.69) is 60.7 Å². The predicted octanol–water partition coefficient (Wildman–Crippen LogP) is 8.44. The number of rotatable bonds is 5. The number of nitrogens with zero attached hydrogens (tertiary/aromatic N) is 1. The normalized spacial score (nSPS) is 11.7. The first kappa shape index (κ1) is 27.5. The summed E-state index contributed by atoms with van der Waals surface area (Å²) in [5, 5.41) is 11.8. The molecule has 0 unspecified atom stereocenters. The molecule has 0 amide bonds. The van der Waals surface area contributed by atoms with Crippen molar-refractivity contribution in [1.29, 1.82) is 0 Å². The van der Waals surface area contributed by atoms with E-state index in [1.165, 1.54) is 39.1 Å². The fourth-order valence-electron chi connectivity index (χ4n) is 4.58. The van der Waals surface area contributed by atoms with E-state index in [0.717, 1.165) is 11.3 Å². The molecule has 1 aromatic heterocycles. The molecule has 3 nitrogen and oxygen atoms in total. The van der Waals surface area contributed by atoms with E-state index < -0.39 is 0 Å². The number of hydrogen-bond acceptors (Lipinski definition) is 3. The Morgan fingerprint density at radius 2 is 1.50 bits per heavy atom. The summed E-state index contributed by atoms with van der Waals surface area (Å²) in [4.78, 5) is 15.9. The molecule has 36 heavy (non-hydrogen) atoms. The van der Waals surface area contributed by atoms with E-state index in [4.69, 9.17) is 4.98 Å². The molecule has 1 radical (unpaired) electrons. The summed E-state index contributed by atoms with van der Waals surface area (Å²) >= 11 is 0. The van der Waals surface area contributed by atoms with E-state index in [9.17, 15) is 9.90 Å². The zero-order valence-electron chi connectivity index (χ0n) is 21.2. The summed E-state index contributed by atoms with van der Waals surface area (Å²) in [7, 11) is 0. The molecule has 0 fully saturated rings. The van der Waals surface area contributed by atoms with Crippen LogP contribution in [0.15, 0.2) is 84.8 Å². The number of fused-ring (bicyclic) bond motifs is 5. The van der Waals surface area contributed by atoms with Crippen LogP contribution in [0, 0.1) is 17.9 Å². The molecule has 1 aliphatic rings. The SMILES string of the molecule is CC(C)CC(=O)/C=C(\O)CC(C)C.[Ir].[c-]1cccc2c1-c1nccc3cccc(c13)-c1ccccc1-2. The van der Waals surface area contributed by atoms with Gasteiger partial charge in [-0.2, -0.15) is 0 Å². The van der Waals surface area contributed by atoms with Gasteiger partial charge in [-0.05, 0) is 45.5 Å². The number of aliphatic hydroxyl groups is 1. The minimum atomic E-state index is 0. The van der Waals surface area contributed by atoms with Crippen LogP contribution >= 0.6 is 0 Å². The Hall–Kier alpha value is -3.07. The molecular weight excluding hydrogens is 623 g/mol. The first-order chi connectivity index (χ1) is 16.8. The number of carbonyl (C=O) groups excluding carboxylic acids is 1. The number of allylic oxidation sites excluding steroid dienone is 2. The van der Waals surface area contributed by atoms with Crippen molar-refractivity contribution in [1.82, 2.24) is 4.98 Å². The minimum absolute atomic E-state index is 0. The molecule has 4 aromatic rings. The number of hydrogen-bond donors (Lipinski definition) is 1. The number of carbonyl (C=O) groups is 1. The Morgan fingerprint density at radius 1 is 0.861 bits per heavy atom. The van der Waals surface area contributed by atoms with Crippen LogP contribution in [0.5, 0.6) is 0 Å². The van der Waals surface area contributed by atoms with E-state index in [0.29, 0.717) is 24.7 Å². The van der Waals surface area contributed by atoms with Gasteiger partial charge >= 0.3 is 0 Å². The summed E-state index contributed by atoms with van der Waals surface area (Å²) in [6.07, 6.45) is 4.36. The van der Waals surface area contributed by atoms with Gasteiger partial charge in [0.1, 0.15) is 0 Å². The van der Waals surface area contributed by atoms with Crippen LogP contribution in [0.25, 0.3) is 44.3 Å². The zero-order chi connectivity index (χ0) is 24.9. The van der Waals surface area contributed by atoms with E-state index in [1.54, 1.807) is 0 Å². The number of pyridine rings is 1. The van der Waals surface area contributed by atoms with Gasteiger partial charge in [0.15, 0.2) is 5.78 Å². The fourth-order valence-corrected chi connectivity index (χ4v) is 4.58. The molecule has 1 N–H and O–H groups in total. The third-order valence-corrected chi connectivity index (χ3v) is 5.95. The molecule has 0 atom stereocenters. The number of aliphatic hydroxyl groups excluding tert-OH is 1. The molecule has 5 rings (SSSR count).